The van der Waals surface area contributed by atoms with E-state index in [0.29, 0.717) is 226 Å². The number of rotatable bonds is 29. The number of benzene rings is 2. The highest BCUT2D eigenvalue weighted by Crippen LogP contribution is 2.52. The minimum Gasteiger partial charge on any atom is -0.481 e. The number of likely N-dealkylation sites (tertiary alicyclic amines) is 6. The molecule has 0 bridgehead atoms. The van der Waals surface area contributed by atoms with Gasteiger partial charge in [0, 0.05) is 148 Å². The van der Waals surface area contributed by atoms with Crippen molar-refractivity contribution in [1.82, 2.24) is 29.4 Å². The first-order chi connectivity index (χ1) is 56.5. The number of amides is 6. The highest BCUT2D eigenvalue weighted by molar-refractivity contribution is 14.1. The normalized spacial score (nSPS) is 30.5. The van der Waals surface area contributed by atoms with E-state index in [9.17, 15) is 51.6 Å². The van der Waals surface area contributed by atoms with Crippen LogP contribution in [0.1, 0.15) is 237 Å². The molecule has 2 aromatic carbocycles. The van der Waals surface area contributed by atoms with Crippen LogP contribution in [0.25, 0.3) is 0 Å². The third kappa shape index (κ3) is 17.6. The summed E-state index contributed by atoms with van der Waals surface area (Å²) in [5.74, 6) is -7.98. The quantitative estimate of drug-likeness (QED) is 0.0252. The number of unbranched alkanes of at least 4 members (excludes halogenated alkanes) is 3. The Kier molecular flexibility index (Phi) is 27.5. The molecule has 0 aromatic heterocycles. The molecule has 8 heterocycles. The number of carboxylic acids is 1. The van der Waals surface area contributed by atoms with E-state index in [1.807, 2.05) is 18.2 Å². The molecule has 26 heteroatoms. The zero-order valence-corrected chi connectivity index (χ0v) is 74.7. The second-order valence-electron chi connectivity index (χ2n) is 36.8. The van der Waals surface area contributed by atoms with Crippen LogP contribution in [0.3, 0.4) is 0 Å². The molecule has 118 heavy (non-hydrogen) atoms. The minimum atomic E-state index is -4.13. The number of likely N-dealkylation sites (N-methyl/N-ethyl adjacent to an activating group) is 1. The first kappa shape index (κ1) is 87.6. The molecule has 6 amide bonds. The third-order valence-electron chi connectivity index (χ3n) is 29.4. The molecule has 14 rings (SSSR count). The maximum atomic E-state index is 15.0. The fraction of sp³-hybridized carbons (Fsp3) is 0.652. The standard InChI is InChI=1S/C92H120I2N8O15S/c1-57-43-44-69-67(54-57)92(4,45-13-15-53-118(115,116)117)78(41-11-8-6-7-10-40-77-91(2,3)80-68(94)55-58(93)56-76(80)95(77)5)96(69)46-14-9-12-42-79(103)97-47-21-35-71(97)85(108)99-49-23-37-73(99)87(110)101-51-25-39-75(101)89(112)102-52-24-38-74(102)88(111)100-50-22-36-72(100)86(109)98-48-20-34-70(98)84(107)64-31-18-30-63(64)82(105)60-27-16-26-59(60)81(104)61-28-17-29-62(61)83(106)65-32-19-33-66(65)90(113)114/h6-8,10-11,40-41,43-44,54-56,59-66,70-75H,9,12-39,42,45-53H2,1-5H3,(H-,113,114,115,116,117)/p+1. The van der Waals surface area contributed by atoms with Crippen molar-refractivity contribution < 1.29 is 75.4 Å². The van der Waals surface area contributed by atoms with Gasteiger partial charge in [-0.15, -0.1) is 0 Å². The first-order valence-corrected chi connectivity index (χ1v) is 48.1. The van der Waals surface area contributed by atoms with Crippen molar-refractivity contribution in [3.8, 4) is 0 Å². The third-order valence-corrected chi connectivity index (χ3v) is 31.7. The number of carboxylic acid groups (broad SMARTS) is 1. The van der Waals surface area contributed by atoms with Crippen LogP contribution in [-0.4, -0.2) is 217 Å². The first-order valence-electron chi connectivity index (χ1n) is 44.4. The number of ketones is 4. The van der Waals surface area contributed by atoms with E-state index in [2.05, 4.69) is 144 Å². The summed E-state index contributed by atoms with van der Waals surface area (Å²) in [5.41, 5.74) is 7.53. The van der Waals surface area contributed by atoms with Gasteiger partial charge in [0.2, 0.25) is 41.1 Å². The number of allylic oxidation sites excluding steroid dienone is 8. The van der Waals surface area contributed by atoms with Crippen molar-refractivity contribution >= 4 is 137 Å². The molecule has 4 aliphatic carbocycles. The number of Topliss-reactive ketones (excluding diaryl/α,β-unsaturated/α-hetero) is 4. The Morgan fingerprint density at radius 3 is 1.37 bits per heavy atom. The van der Waals surface area contributed by atoms with Crippen LogP contribution in [0.15, 0.2) is 78.6 Å². The van der Waals surface area contributed by atoms with Gasteiger partial charge in [-0.3, -0.25) is 57.3 Å². The number of nitrogens with zero attached hydrogens (tertiary/aromatic N) is 8. The molecular formula is C92H121I2N8O15S+. The van der Waals surface area contributed by atoms with E-state index in [0.717, 1.165) is 35.4 Å². The van der Waals surface area contributed by atoms with Crippen LogP contribution < -0.4 is 4.90 Å². The predicted molar refractivity (Wildman–Crippen MR) is 465 cm³/mol. The fourth-order valence-corrected chi connectivity index (χ4v) is 26.6. The van der Waals surface area contributed by atoms with Crippen LogP contribution in [0.2, 0.25) is 0 Å². The van der Waals surface area contributed by atoms with Crippen molar-refractivity contribution in [3.05, 3.63) is 102 Å². The zero-order valence-electron chi connectivity index (χ0n) is 69.5. The van der Waals surface area contributed by atoms with Crippen molar-refractivity contribution in [2.75, 3.05) is 63.5 Å². The molecular weight excluding hydrogens is 1740 g/mol. The van der Waals surface area contributed by atoms with Gasteiger partial charge < -0.3 is 39.4 Å². The van der Waals surface area contributed by atoms with Gasteiger partial charge in [0.1, 0.15) is 54.1 Å². The molecule has 2 aromatic rings. The van der Waals surface area contributed by atoms with Gasteiger partial charge >= 0.3 is 5.97 Å². The average molecular weight is 1860 g/mol. The van der Waals surface area contributed by atoms with Crippen LogP contribution in [0.4, 0.5) is 11.4 Å². The van der Waals surface area contributed by atoms with Gasteiger partial charge in [0.15, 0.2) is 11.5 Å². The summed E-state index contributed by atoms with van der Waals surface area (Å²) >= 11 is 4.82. The Morgan fingerprint density at radius 1 is 0.483 bits per heavy atom. The molecule has 4 saturated carbocycles. The second-order valence-corrected chi connectivity index (χ2v) is 40.8. The molecule has 15 unspecified atom stereocenters. The number of carbonyl (C=O) groups excluding carboxylic acids is 10. The summed E-state index contributed by atoms with van der Waals surface area (Å²) in [6.07, 6.45) is 31.3. The van der Waals surface area contributed by atoms with Crippen LogP contribution in [0.5, 0.6) is 0 Å². The van der Waals surface area contributed by atoms with E-state index < -0.39 is 105 Å². The molecule has 8 aliphatic heterocycles. The summed E-state index contributed by atoms with van der Waals surface area (Å²) in [4.78, 5) is 172. The molecule has 12 aliphatic rings. The van der Waals surface area contributed by atoms with E-state index >= 15 is 19.2 Å². The number of halogens is 2. The Morgan fingerprint density at radius 2 is 0.898 bits per heavy atom. The monoisotopic (exact) mass is 1860 g/mol. The van der Waals surface area contributed by atoms with Crippen molar-refractivity contribution in [2.45, 2.75) is 274 Å². The topological polar surface area (TPSA) is 288 Å². The lowest BCUT2D eigenvalue weighted by molar-refractivity contribution is -0.438. The fourth-order valence-electron chi connectivity index (χ4n) is 23.6. The minimum absolute atomic E-state index is 0.0576. The second kappa shape index (κ2) is 37.1. The van der Waals surface area contributed by atoms with Gasteiger partial charge in [0.05, 0.1) is 23.1 Å². The maximum absolute atomic E-state index is 15.0. The van der Waals surface area contributed by atoms with Crippen LogP contribution >= 0.6 is 45.2 Å². The number of hydrogen-bond donors (Lipinski definition) is 2. The lowest BCUT2D eigenvalue weighted by Gasteiger charge is -2.37. The van der Waals surface area contributed by atoms with Gasteiger partial charge in [-0.1, -0.05) is 88.0 Å². The number of hydrogen-bond acceptors (Lipinski definition) is 14. The number of aliphatic carboxylic acids is 1. The summed E-state index contributed by atoms with van der Waals surface area (Å²) in [6, 6.07) is 6.10. The average Bonchev–Trinajstić information content (AvgIpc) is 1.59. The van der Waals surface area contributed by atoms with Crippen molar-refractivity contribution in [1.29, 1.82) is 0 Å². The van der Waals surface area contributed by atoms with Crippen LogP contribution in [0, 0.1) is 61.4 Å². The molecule has 10 fully saturated rings. The van der Waals surface area contributed by atoms with Gasteiger partial charge in [-0.2, -0.15) is 13.0 Å². The SMILES string of the molecule is Cc1ccc2c(c1)C(C)(CCCCS(=O)(=O)O)C(/C=C/C=C/C=C/C=C1\N(C)c3cc(I)cc(I)c3C1(C)C)=[N+]2CCCCCC(=O)N1CCCC1C(=O)N1CCCC1C(=O)N1CCCC1C(=O)N1CCCC1C(=O)N1CCCC1C(=O)N1CCCC1C(=O)C1CCCC1C(=O)C1CCCC1C(=O)C1CCCC1C(=O)C1CCCC1C(=O)O. The molecule has 0 spiro atoms. The van der Waals surface area contributed by atoms with E-state index in [1.165, 1.54) is 24.1 Å². The Bertz CT molecular complexity index is 4570. The maximum Gasteiger partial charge on any atom is 0.307 e. The van der Waals surface area contributed by atoms with Gasteiger partial charge in [-0.25, -0.2) is 0 Å². The molecule has 15 atom stereocenters. The highest BCUT2D eigenvalue weighted by Gasteiger charge is 2.56. The molecule has 638 valence electrons. The number of anilines is 1. The number of carbonyl (C=O) groups is 11. The Hall–Kier alpha value is -6.79. The molecule has 2 N–H and O–H groups in total. The highest BCUT2D eigenvalue weighted by atomic mass is 127. The summed E-state index contributed by atoms with van der Waals surface area (Å²) in [6.45, 7) is 11.5. The largest absolute Gasteiger partial charge is 0.481 e. The summed E-state index contributed by atoms with van der Waals surface area (Å²) in [7, 11) is -2.00. The van der Waals surface area contributed by atoms with Gasteiger partial charge in [0.25, 0.3) is 10.1 Å². The molecule has 6 saturated heterocycles. The number of aryl methyl sites for hydroxylation is 1. The number of fused-ring (bicyclic) bond motifs is 2. The van der Waals surface area contributed by atoms with E-state index in [1.54, 1.807) is 29.4 Å². The zero-order chi connectivity index (χ0) is 83.8. The van der Waals surface area contributed by atoms with Crippen LogP contribution in [-0.2, 0) is 73.7 Å². The van der Waals surface area contributed by atoms with Crippen molar-refractivity contribution in [3.63, 3.8) is 0 Å². The lowest BCUT2D eigenvalue weighted by atomic mass is 9.72. The van der Waals surface area contributed by atoms with E-state index in [-0.39, 0.29) is 76.2 Å². The summed E-state index contributed by atoms with van der Waals surface area (Å²) in [5, 5.41) is 9.90. The smallest absolute Gasteiger partial charge is 0.307 e. The summed E-state index contributed by atoms with van der Waals surface area (Å²) < 4.78 is 38.2. The Balaban J connectivity index is 0.572. The molecule has 0 radical (unpaired) electrons. The molecule has 23 nitrogen and oxygen atoms in total. The Labute approximate surface area is 723 Å². The van der Waals surface area contributed by atoms with Crippen molar-refractivity contribution in [2.24, 2.45) is 47.3 Å². The predicted octanol–water partition coefficient (Wildman–Crippen LogP) is 13.1. The van der Waals surface area contributed by atoms with E-state index in [4.69, 9.17) is 0 Å². The lowest BCUT2D eigenvalue weighted by Crippen LogP contribution is -2.58. The van der Waals surface area contributed by atoms with Gasteiger partial charge in [-0.05, 0) is 237 Å².